The van der Waals surface area contributed by atoms with Gasteiger partial charge in [0.15, 0.2) is 0 Å². The number of ether oxygens (including phenoxy) is 1. The Morgan fingerprint density at radius 2 is 2.19 bits per heavy atom. The molecule has 5 heteroatoms. The van der Waals surface area contributed by atoms with Crippen molar-refractivity contribution in [3.05, 3.63) is 0 Å². The van der Waals surface area contributed by atoms with Crippen molar-refractivity contribution in [2.24, 2.45) is 5.73 Å². The molecule has 1 aliphatic heterocycles. The summed E-state index contributed by atoms with van der Waals surface area (Å²) in [4.78, 5) is 13.8. The highest BCUT2D eigenvalue weighted by atomic mass is 35.5. The van der Waals surface area contributed by atoms with Gasteiger partial charge in [-0.1, -0.05) is 0 Å². The lowest BCUT2D eigenvalue weighted by atomic mass is 10.1. The molecule has 1 fully saturated rings. The van der Waals surface area contributed by atoms with E-state index in [0.717, 1.165) is 6.42 Å². The molecule has 3 unspecified atom stereocenters. The molecule has 0 aliphatic carbocycles. The molecule has 0 spiro atoms. The normalized spacial score (nSPS) is 27.1. The number of halogens is 1. The Balaban J connectivity index is 0.00000225. The summed E-state index contributed by atoms with van der Waals surface area (Å²) in [5.41, 5.74) is 5.64. The van der Waals surface area contributed by atoms with Gasteiger partial charge in [0.1, 0.15) is 0 Å². The average Bonchev–Trinajstić information content (AvgIpc) is 2.18. The molecule has 1 rings (SSSR count). The van der Waals surface area contributed by atoms with Gasteiger partial charge in [0.2, 0.25) is 5.91 Å². The first-order chi connectivity index (χ1) is 7.00. The van der Waals surface area contributed by atoms with E-state index in [0.29, 0.717) is 19.6 Å². The second-order valence-corrected chi connectivity index (χ2v) is 4.56. The Bertz CT molecular complexity index is 224. The predicted molar refractivity (Wildman–Crippen MR) is 66.7 cm³/mol. The van der Waals surface area contributed by atoms with E-state index in [1.807, 2.05) is 25.7 Å². The maximum Gasteiger partial charge on any atom is 0.223 e. The van der Waals surface area contributed by atoms with Crippen molar-refractivity contribution < 1.29 is 9.53 Å². The molecule has 1 saturated heterocycles. The number of nitrogens with two attached hydrogens (primary N) is 1. The van der Waals surface area contributed by atoms with Gasteiger partial charge in [-0.2, -0.15) is 0 Å². The van der Waals surface area contributed by atoms with Crippen LogP contribution in [0.2, 0.25) is 0 Å². The number of rotatable bonds is 3. The molecule has 1 aliphatic rings. The first-order valence-corrected chi connectivity index (χ1v) is 5.67. The SMILES string of the molecule is CC(N)CCC(=O)N1CC(C)OCC1C.Cl. The third kappa shape index (κ3) is 4.68. The molecular weight excluding hydrogens is 228 g/mol. The van der Waals surface area contributed by atoms with Gasteiger partial charge in [-0.15, -0.1) is 12.4 Å². The van der Waals surface area contributed by atoms with Crippen LogP contribution in [0.4, 0.5) is 0 Å². The van der Waals surface area contributed by atoms with Crippen LogP contribution in [0, 0.1) is 0 Å². The maximum absolute atomic E-state index is 11.9. The standard InChI is InChI=1S/C11H22N2O2.ClH/c1-8(12)4-5-11(14)13-6-10(3)15-7-9(13)2;/h8-10H,4-7,12H2,1-3H3;1H. The minimum atomic E-state index is 0. The van der Waals surface area contributed by atoms with Crippen LogP contribution < -0.4 is 5.73 Å². The van der Waals surface area contributed by atoms with Crippen LogP contribution in [0.5, 0.6) is 0 Å². The van der Waals surface area contributed by atoms with E-state index >= 15 is 0 Å². The Morgan fingerprint density at radius 3 is 2.75 bits per heavy atom. The Labute approximate surface area is 104 Å². The van der Waals surface area contributed by atoms with Crippen LogP contribution in [0.25, 0.3) is 0 Å². The summed E-state index contributed by atoms with van der Waals surface area (Å²) in [6.45, 7) is 7.30. The minimum absolute atomic E-state index is 0. The van der Waals surface area contributed by atoms with Crippen molar-refractivity contribution in [1.82, 2.24) is 4.90 Å². The first kappa shape index (κ1) is 15.7. The summed E-state index contributed by atoms with van der Waals surface area (Å²) >= 11 is 0. The molecule has 3 atom stereocenters. The zero-order valence-electron chi connectivity index (χ0n) is 10.3. The summed E-state index contributed by atoms with van der Waals surface area (Å²) in [6, 6.07) is 0.296. The Morgan fingerprint density at radius 1 is 1.56 bits per heavy atom. The summed E-state index contributed by atoms with van der Waals surface area (Å²) in [5.74, 6) is 0.204. The molecule has 0 aromatic carbocycles. The van der Waals surface area contributed by atoms with Gasteiger partial charge in [0.25, 0.3) is 0 Å². The van der Waals surface area contributed by atoms with Gasteiger partial charge in [0, 0.05) is 19.0 Å². The molecule has 16 heavy (non-hydrogen) atoms. The van der Waals surface area contributed by atoms with Crippen LogP contribution in [0.15, 0.2) is 0 Å². The van der Waals surface area contributed by atoms with E-state index in [4.69, 9.17) is 10.5 Å². The molecule has 0 aromatic rings. The number of hydrogen-bond donors (Lipinski definition) is 1. The molecule has 1 amide bonds. The molecule has 0 aromatic heterocycles. The van der Waals surface area contributed by atoms with Crippen LogP contribution in [-0.2, 0) is 9.53 Å². The average molecular weight is 251 g/mol. The van der Waals surface area contributed by atoms with Crippen molar-refractivity contribution in [2.75, 3.05) is 13.2 Å². The topological polar surface area (TPSA) is 55.6 Å². The molecular formula is C11H23ClN2O2. The van der Waals surface area contributed by atoms with E-state index in [1.165, 1.54) is 0 Å². The van der Waals surface area contributed by atoms with Crippen LogP contribution in [-0.4, -0.2) is 42.1 Å². The number of nitrogens with zero attached hydrogens (tertiary/aromatic N) is 1. The van der Waals surface area contributed by atoms with Crippen LogP contribution >= 0.6 is 12.4 Å². The van der Waals surface area contributed by atoms with Crippen molar-refractivity contribution in [2.45, 2.75) is 51.8 Å². The van der Waals surface area contributed by atoms with Gasteiger partial charge in [0.05, 0.1) is 18.8 Å². The highest BCUT2D eigenvalue weighted by Crippen LogP contribution is 2.13. The smallest absolute Gasteiger partial charge is 0.223 e. The van der Waals surface area contributed by atoms with Crippen molar-refractivity contribution in [3.63, 3.8) is 0 Å². The lowest BCUT2D eigenvalue weighted by molar-refractivity contribution is -0.143. The molecule has 96 valence electrons. The van der Waals surface area contributed by atoms with Crippen molar-refractivity contribution in [3.8, 4) is 0 Å². The fourth-order valence-corrected chi connectivity index (χ4v) is 1.75. The largest absolute Gasteiger partial charge is 0.375 e. The summed E-state index contributed by atoms with van der Waals surface area (Å²) in [5, 5.41) is 0. The number of hydrogen-bond acceptors (Lipinski definition) is 3. The fraction of sp³-hybridized carbons (Fsp3) is 0.909. The Hall–Kier alpha value is -0.320. The highest BCUT2D eigenvalue weighted by Gasteiger charge is 2.26. The second-order valence-electron chi connectivity index (χ2n) is 4.56. The summed E-state index contributed by atoms with van der Waals surface area (Å²) in [6.07, 6.45) is 1.46. The lowest BCUT2D eigenvalue weighted by Crippen LogP contribution is -2.50. The van der Waals surface area contributed by atoms with Gasteiger partial charge >= 0.3 is 0 Å². The minimum Gasteiger partial charge on any atom is -0.375 e. The first-order valence-electron chi connectivity index (χ1n) is 5.67. The maximum atomic E-state index is 11.9. The molecule has 1 heterocycles. The molecule has 2 N–H and O–H groups in total. The van der Waals surface area contributed by atoms with Crippen molar-refractivity contribution in [1.29, 1.82) is 0 Å². The monoisotopic (exact) mass is 250 g/mol. The van der Waals surface area contributed by atoms with Gasteiger partial charge in [-0.3, -0.25) is 4.79 Å². The highest BCUT2D eigenvalue weighted by molar-refractivity contribution is 5.85. The number of amides is 1. The van der Waals surface area contributed by atoms with E-state index in [9.17, 15) is 4.79 Å². The number of carbonyl (C=O) groups is 1. The molecule has 4 nitrogen and oxygen atoms in total. The van der Waals surface area contributed by atoms with E-state index in [1.54, 1.807) is 0 Å². The van der Waals surface area contributed by atoms with Gasteiger partial charge < -0.3 is 15.4 Å². The fourth-order valence-electron chi connectivity index (χ4n) is 1.75. The Kier molecular flexibility index (Phi) is 6.95. The van der Waals surface area contributed by atoms with Crippen molar-refractivity contribution >= 4 is 18.3 Å². The quantitative estimate of drug-likeness (QED) is 0.818. The van der Waals surface area contributed by atoms with E-state index < -0.39 is 0 Å². The molecule has 0 bridgehead atoms. The zero-order chi connectivity index (χ0) is 11.4. The van der Waals surface area contributed by atoms with Gasteiger partial charge in [-0.05, 0) is 27.2 Å². The molecule has 0 saturated carbocycles. The van der Waals surface area contributed by atoms with E-state index in [2.05, 4.69) is 0 Å². The number of morpholine rings is 1. The van der Waals surface area contributed by atoms with Crippen LogP contribution in [0.1, 0.15) is 33.6 Å². The van der Waals surface area contributed by atoms with Gasteiger partial charge in [-0.25, -0.2) is 0 Å². The summed E-state index contributed by atoms with van der Waals surface area (Å²) in [7, 11) is 0. The third-order valence-corrected chi connectivity index (χ3v) is 2.74. The summed E-state index contributed by atoms with van der Waals surface area (Å²) < 4.78 is 5.48. The zero-order valence-corrected chi connectivity index (χ0v) is 11.1. The van der Waals surface area contributed by atoms with Crippen LogP contribution in [0.3, 0.4) is 0 Å². The lowest BCUT2D eigenvalue weighted by Gasteiger charge is -2.37. The van der Waals surface area contributed by atoms with E-state index in [-0.39, 0.29) is 36.5 Å². The number of carbonyl (C=O) groups excluding carboxylic acids is 1. The molecule has 0 radical (unpaired) electrons. The predicted octanol–water partition coefficient (Wildman–Crippen LogP) is 1.17. The third-order valence-electron chi connectivity index (χ3n) is 2.74. The second kappa shape index (κ2) is 7.09.